The maximum absolute atomic E-state index is 6.12. The van der Waals surface area contributed by atoms with Gasteiger partial charge in [-0.25, -0.2) is 4.99 Å². The molecule has 0 bridgehead atoms. The van der Waals surface area contributed by atoms with E-state index in [9.17, 15) is 0 Å². The van der Waals surface area contributed by atoms with Crippen molar-refractivity contribution in [3.05, 3.63) is 59.7 Å². The van der Waals surface area contributed by atoms with Gasteiger partial charge in [0.25, 0.3) is 0 Å². The van der Waals surface area contributed by atoms with Gasteiger partial charge in [0, 0.05) is 24.5 Å². The van der Waals surface area contributed by atoms with Gasteiger partial charge in [-0.15, -0.1) is 12.4 Å². The number of anilines is 2. The first-order valence-electron chi connectivity index (χ1n) is 10.0. The maximum Gasteiger partial charge on any atom is 0.222 e. The SMILES string of the molecule is CCc1ccc(NC2N=C(N)N=C(N3CCCC3)N2c2ccc(C)cc2)cc1.Cl. The molecule has 0 saturated carbocycles. The second-order valence-corrected chi connectivity index (χ2v) is 7.37. The number of halogens is 1. The van der Waals surface area contributed by atoms with Crippen molar-refractivity contribution < 1.29 is 0 Å². The van der Waals surface area contributed by atoms with Crippen LogP contribution in [0.25, 0.3) is 0 Å². The molecule has 2 aromatic carbocycles. The number of hydrogen-bond donors (Lipinski definition) is 2. The van der Waals surface area contributed by atoms with Crippen molar-refractivity contribution in [1.82, 2.24) is 4.90 Å². The molecular weight excluding hydrogens is 384 g/mol. The van der Waals surface area contributed by atoms with Crippen LogP contribution in [0.2, 0.25) is 0 Å². The first-order chi connectivity index (χ1) is 13.6. The smallest absolute Gasteiger partial charge is 0.222 e. The van der Waals surface area contributed by atoms with Crippen LogP contribution in [-0.2, 0) is 6.42 Å². The number of nitrogens with zero attached hydrogens (tertiary/aromatic N) is 4. The van der Waals surface area contributed by atoms with Crippen LogP contribution in [0.15, 0.2) is 58.5 Å². The third-order valence-corrected chi connectivity index (χ3v) is 5.29. The number of benzene rings is 2. The summed E-state index contributed by atoms with van der Waals surface area (Å²) in [5.74, 6) is 1.18. The fourth-order valence-corrected chi connectivity index (χ4v) is 3.66. The number of nitrogens with one attached hydrogen (secondary N) is 1. The number of likely N-dealkylation sites (tertiary alicyclic amines) is 1. The molecule has 1 atom stereocenters. The number of aryl methyl sites for hydroxylation is 2. The average Bonchev–Trinajstić information content (AvgIpc) is 3.24. The Hall–Kier alpha value is -2.73. The topological polar surface area (TPSA) is 69.2 Å². The zero-order valence-corrected chi connectivity index (χ0v) is 17.8. The van der Waals surface area contributed by atoms with E-state index in [1.807, 2.05) is 0 Å². The molecule has 1 saturated heterocycles. The van der Waals surface area contributed by atoms with E-state index in [1.54, 1.807) is 0 Å². The van der Waals surface area contributed by atoms with Crippen molar-refractivity contribution in [1.29, 1.82) is 0 Å². The molecule has 2 aliphatic rings. The molecule has 1 unspecified atom stereocenters. The van der Waals surface area contributed by atoms with E-state index in [4.69, 9.17) is 5.73 Å². The molecule has 0 radical (unpaired) electrons. The summed E-state index contributed by atoms with van der Waals surface area (Å²) in [4.78, 5) is 13.7. The molecule has 0 spiro atoms. The van der Waals surface area contributed by atoms with Gasteiger partial charge in [0.1, 0.15) is 0 Å². The van der Waals surface area contributed by atoms with Crippen LogP contribution in [0.1, 0.15) is 30.9 Å². The van der Waals surface area contributed by atoms with Gasteiger partial charge in [-0.3, -0.25) is 4.90 Å². The normalized spacial score (nSPS) is 18.8. The van der Waals surface area contributed by atoms with E-state index < -0.39 is 0 Å². The second kappa shape index (κ2) is 9.18. The summed E-state index contributed by atoms with van der Waals surface area (Å²) in [7, 11) is 0. The van der Waals surface area contributed by atoms with Crippen molar-refractivity contribution in [3.63, 3.8) is 0 Å². The number of hydrogen-bond acceptors (Lipinski definition) is 6. The summed E-state index contributed by atoms with van der Waals surface area (Å²) in [5.41, 5.74) is 10.7. The minimum atomic E-state index is -0.344. The summed E-state index contributed by atoms with van der Waals surface area (Å²) < 4.78 is 0. The summed E-state index contributed by atoms with van der Waals surface area (Å²) in [5, 5.41) is 3.53. The molecule has 3 N–H and O–H groups in total. The minimum Gasteiger partial charge on any atom is -0.368 e. The lowest BCUT2D eigenvalue weighted by Gasteiger charge is -2.38. The molecule has 29 heavy (non-hydrogen) atoms. The highest BCUT2D eigenvalue weighted by Gasteiger charge is 2.32. The van der Waals surface area contributed by atoms with E-state index in [-0.39, 0.29) is 18.7 Å². The third-order valence-electron chi connectivity index (χ3n) is 5.29. The van der Waals surface area contributed by atoms with E-state index in [1.165, 1.54) is 24.0 Å². The molecule has 4 rings (SSSR count). The lowest BCUT2D eigenvalue weighted by atomic mass is 10.1. The Morgan fingerprint density at radius 2 is 1.69 bits per heavy atom. The zero-order chi connectivity index (χ0) is 19.5. The van der Waals surface area contributed by atoms with Crippen molar-refractivity contribution in [2.45, 2.75) is 39.4 Å². The second-order valence-electron chi connectivity index (χ2n) is 7.37. The fourth-order valence-electron chi connectivity index (χ4n) is 3.66. The van der Waals surface area contributed by atoms with Crippen LogP contribution >= 0.6 is 12.4 Å². The number of aliphatic imine (C=N–C) groups is 2. The van der Waals surface area contributed by atoms with E-state index in [2.05, 4.69) is 87.5 Å². The van der Waals surface area contributed by atoms with Gasteiger partial charge in [-0.2, -0.15) is 4.99 Å². The summed E-state index contributed by atoms with van der Waals surface area (Å²) >= 11 is 0. The number of nitrogens with two attached hydrogens (primary N) is 1. The van der Waals surface area contributed by atoms with Gasteiger partial charge < -0.3 is 16.0 Å². The van der Waals surface area contributed by atoms with Gasteiger partial charge >= 0.3 is 0 Å². The Bertz CT molecular complexity index is 869. The Kier molecular flexibility index (Phi) is 6.64. The van der Waals surface area contributed by atoms with Crippen molar-refractivity contribution >= 4 is 35.7 Å². The average molecular weight is 413 g/mol. The van der Waals surface area contributed by atoms with Gasteiger partial charge in [-0.1, -0.05) is 36.8 Å². The van der Waals surface area contributed by atoms with Crippen LogP contribution in [0.4, 0.5) is 11.4 Å². The maximum atomic E-state index is 6.12. The molecule has 2 aromatic rings. The third kappa shape index (κ3) is 4.65. The first kappa shape index (κ1) is 21.0. The zero-order valence-electron chi connectivity index (χ0n) is 17.0. The van der Waals surface area contributed by atoms with Gasteiger partial charge in [-0.05, 0) is 56.0 Å². The lowest BCUT2D eigenvalue weighted by molar-refractivity contribution is 0.497. The van der Waals surface area contributed by atoms with Gasteiger partial charge in [0.15, 0.2) is 0 Å². The van der Waals surface area contributed by atoms with Crippen molar-refractivity contribution in [2.75, 3.05) is 23.3 Å². The molecule has 0 aromatic heterocycles. The molecule has 0 aliphatic carbocycles. The van der Waals surface area contributed by atoms with Crippen LogP contribution in [0, 0.1) is 6.92 Å². The van der Waals surface area contributed by atoms with E-state index in [0.717, 1.165) is 36.8 Å². The molecule has 2 aliphatic heterocycles. The minimum absolute atomic E-state index is 0. The first-order valence-corrected chi connectivity index (χ1v) is 10.0. The van der Waals surface area contributed by atoms with Crippen LogP contribution in [-0.4, -0.2) is 36.2 Å². The molecule has 7 heteroatoms. The standard InChI is InChI=1S/C22H28N6.ClH/c1-3-17-8-10-18(11-9-17)24-21-25-20(23)26-22(27-14-4-5-15-27)28(21)19-12-6-16(2)7-13-19;/h6-13,21,24H,3-5,14-15H2,1-2H3,(H2,23,25);1H. The Labute approximate surface area is 178 Å². The Balaban J connectivity index is 0.00000240. The summed E-state index contributed by atoms with van der Waals surface area (Å²) in [6.45, 7) is 6.24. The lowest BCUT2D eigenvalue weighted by Crippen LogP contribution is -2.54. The number of rotatable bonds is 4. The predicted octanol–water partition coefficient (Wildman–Crippen LogP) is 3.96. The van der Waals surface area contributed by atoms with E-state index in [0.29, 0.717) is 5.96 Å². The predicted molar refractivity (Wildman–Crippen MR) is 124 cm³/mol. The summed E-state index contributed by atoms with van der Waals surface area (Å²) in [6.07, 6.45) is 3.03. The van der Waals surface area contributed by atoms with Crippen LogP contribution in [0.3, 0.4) is 0 Å². The van der Waals surface area contributed by atoms with Crippen LogP contribution < -0.4 is 16.0 Å². The molecular formula is C22H29ClN6. The Morgan fingerprint density at radius 3 is 2.31 bits per heavy atom. The van der Waals surface area contributed by atoms with Crippen LogP contribution in [0.5, 0.6) is 0 Å². The largest absolute Gasteiger partial charge is 0.368 e. The highest BCUT2D eigenvalue weighted by atomic mass is 35.5. The molecule has 1 fully saturated rings. The van der Waals surface area contributed by atoms with Crippen molar-refractivity contribution in [2.24, 2.45) is 15.7 Å². The van der Waals surface area contributed by atoms with Crippen molar-refractivity contribution in [3.8, 4) is 0 Å². The molecule has 2 heterocycles. The fraction of sp³-hybridized carbons (Fsp3) is 0.364. The summed E-state index contributed by atoms with van der Waals surface area (Å²) in [6, 6.07) is 16.9. The highest BCUT2D eigenvalue weighted by Crippen LogP contribution is 2.26. The van der Waals surface area contributed by atoms with Gasteiger partial charge in [0.05, 0.1) is 0 Å². The number of guanidine groups is 2. The van der Waals surface area contributed by atoms with Gasteiger partial charge in [0.2, 0.25) is 18.2 Å². The molecule has 6 nitrogen and oxygen atoms in total. The quantitative estimate of drug-likeness (QED) is 0.797. The highest BCUT2D eigenvalue weighted by molar-refractivity contribution is 6.06. The van der Waals surface area contributed by atoms with E-state index >= 15 is 0 Å². The molecule has 0 amide bonds. The Morgan fingerprint density at radius 1 is 1.03 bits per heavy atom. The molecule has 154 valence electrons. The monoisotopic (exact) mass is 412 g/mol.